The highest BCUT2D eigenvalue weighted by atomic mass is 28.4. The zero-order valence-electron chi connectivity index (χ0n) is 10.5. The average molecular weight is 237 g/mol. The third-order valence-electron chi connectivity index (χ3n) is 1.77. The summed E-state index contributed by atoms with van der Waals surface area (Å²) in [5, 5.41) is 3.25. The third kappa shape index (κ3) is 10.4. The van der Waals surface area contributed by atoms with E-state index < -0.39 is 17.6 Å². The van der Waals surface area contributed by atoms with Gasteiger partial charge >= 0.3 is 8.56 Å². The molecular formula is C8H24N2O2Si2. The van der Waals surface area contributed by atoms with Crippen LogP contribution in [0.25, 0.3) is 0 Å². The second-order valence-electron chi connectivity index (χ2n) is 4.01. The minimum absolute atomic E-state index is 0.691. The average Bonchev–Trinajstić information content (AvgIpc) is 2.17. The van der Waals surface area contributed by atoms with Gasteiger partial charge < -0.3 is 20.0 Å². The highest BCUT2D eigenvalue weighted by Gasteiger charge is 2.21. The summed E-state index contributed by atoms with van der Waals surface area (Å²) in [4.78, 5) is 4.62. The van der Waals surface area contributed by atoms with Gasteiger partial charge in [0, 0.05) is 13.1 Å². The summed E-state index contributed by atoms with van der Waals surface area (Å²) < 4.78 is 12.7. The molecule has 0 aromatic heterocycles. The monoisotopic (exact) mass is 237 g/mol. The lowest BCUT2D eigenvalue weighted by Crippen LogP contribution is -2.36. The number of rotatable bonds is 9. The quantitative estimate of drug-likeness (QED) is 0.390. The molecule has 1 atom stereocenters. The van der Waals surface area contributed by atoms with E-state index in [0.29, 0.717) is 6.54 Å². The van der Waals surface area contributed by atoms with Crippen molar-refractivity contribution in [1.82, 2.24) is 5.32 Å². The Labute approximate surface area is 91.3 Å². The molecule has 0 aliphatic rings. The minimum Gasteiger partial charge on any atom is -0.439 e. The molecule has 1 unspecified atom stereocenters. The first kappa shape index (κ1) is 12.3. The number of hydrogen-bond acceptors (Lipinski definition) is 4. The van der Waals surface area contributed by atoms with E-state index in [4.69, 9.17) is 11.3 Å². The van der Waals surface area contributed by atoms with Crippen molar-refractivity contribution in [2.24, 2.45) is 5.73 Å². The first-order valence-electron chi connectivity index (χ1n) is 5.65. The molecule has 0 aromatic carbocycles. The fraction of sp³-hybridized carbons (Fsp3) is 1.00. The van der Waals surface area contributed by atoms with Crippen molar-refractivity contribution < 1.29 is 8.91 Å². The highest BCUT2D eigenvalue weighted by Crippen LogP contribution is 2.06. The van der Waals surface area contributed by atoms with Crippen LogP contribution >= 0.6 is 0 Å². The Bertz CT molecular complexity index is 164. The smallest absolute Gasteiger partial charge is 0.318 e. The molecule has 0 spiro atoms. The van der Waals surface area contributed by atoms with Gasteiger partial charge in [-0.1, -0.05) is 0 Å². The van der Waals surface area contributed by atoms with Gasteiger partial charge in [-0.15, -0.1) is 0 Å². The summed E-state index contributed by atoms with van der Waals surface area (Å²) in [7, 11) is -3.28. The van der Waals surface area contributed by atoms with Gasteiger partial charge in [-0.05, 0) is 38.7 Å². The molecule has 0 aromatic rings. The molecule has 0 radical (unpaired) electrons. The maximum Gasteiger partial charge on any atom is 0.318 e. The number of nitrogens with two attached hydrogens (primary N) is 1. The Morgan fingerprint density at radius 2 is 2.29 bits per heavy atom. The Balaban J connectivity index is 3.45. The molecule has 0 bridgehead atoms. The van der Waals surface area contributed by atoms with Gasteiger partial charge in [0.2, 0.25) is 0 Å². The van der Waals surface area contributed by atoms with Crippen LogP contribution < -0.4 is 11.1 Å². The Kier molecular flexibility index (Phi) is 6.66. The zero-order valence-corrected chi connectivity index (χ0v) is 11.7. The molecule has 0 saturated carbocycles. The van der Waals surface area contributed by atoms with Gasteiger partial charge in [-0.3, -0.25) is 0 Å². The van der Waals surface area contributed by atoms with E-state index >= 15 is 0 Å². The first-order chi connectivity index (χ1) is 7.02. The van der Waals surface area contributed by atoms with E-state index in [-0.39, 0.29) is 0 Å². The Morgan fingerprint density at radius 3 is 2.86 bits per heavy atom. The highest BCUT2D eigenvalue weighted by molar-refractivity contribution is 6.72. The molecule has 4 nitrogen and oxygen atoms in total. The molecule has 4 N–H and O–H groups in total. The minimum atomic E-state index is -2.13. The second-order valence-corrected chi connectivity index (χ2v) is 9.95. The van der Waals surface area contributed by atoms with Crippen LogP contribution in [-0.2, 0) is 4.12 Å². The van der Waals surface area contributed by atoms with Crippen LogP contribution in [-0.4, -0.2) is 43.5 Å². The molecule has 6 heteroatoms. The summed E-state index contributed by atoms with van der Waals surface area (Å²) in [6.45, 7) is 8.56. The van der Waals surface area contributed by atoms with Crippen LogP contribution in [0.15, 0.2) is 0 Å². The molecule has 86 valence electrons. The van der Waals surface area contributed by atoms with Crippen molar-refractivity contribution in [1.29, 1.82) is 1.43 Å². The molecule has 0 rings (SSSR count). The van der Waals surface area contributed by atoms with Crippen molar-refractivity contribution in [3.8, 4) is 0 Å². The molecule has 0 fully saturated rings. The summed E-state index contributed by atoms with van der Waals surface area (Å²) in [5.41, 5.74) is 5.36. The topological polar surface area (TPSA) is 67.5 Å². The summed E-state index contributed by atoms with van der Waals surface area (Å²) in [6.07, 6.45) is 1.12. The number of hydrogen-bond donors (Lipinski definition) is 3. The van der Waals surface area contributed by atoms with Crippen molar-refractivity contribution in [3.05, 3.63) is 0 Å². The van der Waals surface area contributed by atoms with E-state index in [1.807, 2.05) is 13.1 Å². The van der Waals surface area contributed by atoms with E-state index in [1.165, 1.54) is 0 Å². The third-order valence-corrected chi connectivity index (χ3v) is 6.87. The van der Waals surface area contributed by atoms with Crippen molar-refractivity contribution in [2.75, 3.05) is 19.6 Å². The lowest BCUT2D eigenvalue weighted by molar-refractivity contribution is 0.394. The van der Waals surface area contributed by atoms with Gasteiger partial charge in [-0.25, -0.2) is 0 Å². The largest absolute Gasteiger partial charge is 0.439 e. The molecule has 0 aliphatic carbocycles. The Hall–Kier alpha value is 0.274. The van der Waals surface area contributed by atoms with E-state index in [0.717, 1.165) is 25.6 Å². The summed E-state index contributed by atoms with van der Waals surface area (Å²) in [5.74, 6) is 0. The fourth-order valence-electron chi connectivity index (χ4n) is 1.29. The SMILES string of the molecule is [2H]O[Si](C)(C)O[SiH](C)CCCNCCN. The second kappa shape index (κ2) is 7.55. The molecule has 0 aliphatic heterocycles. The molecular weight excluding hydrogens is 212 g/mol. The van der Waals surface area contributed by atoms with Gasteiger partial charge in [0.05, 0.1) is 0 Å². The number of nitrogens with one attached hydrogen (secondary N) is 1. The van der Waals surface area contributed by atoms with Gasteiger partial charge in [0.1, 0.15) is 0 Å². The molecule has 0 heterocycles. The predicted molar refractivity (Wildman–Crippen MR) is 65.1 cm³/mol. The van der Waals surface area contributed by atoms with Gasteiger partial charge in [-0.2, -0.15) is 0 Å². The van der Waals surface area contributed by atoms with Crippen LogP contribution in [0.1, 0.15) is 6.42 Å². The van der Waals surface area contributed by atoms with Crippen LogP contribution in [0.4, 0.5) is 0 Å². The fourth-order valence-corrected chi connectivity index (χ4v) is 6.41. The normalized spacial score (nSPS) is 15.3. The van der Waals surface area contributed by atoms with Crippen LogP contribution in [0.3, 0.4) is 0 Å². The van der Waals surface area contributed by atoms with E-state index in [2.05, 4.69) is 16.7 Å². The van der Waals surface area contributed by atoms with Crippen molar-refractivity contribution in [3.63, 3.8) is 0 Å². The standard InChI is InChI=1S/C8H24N2O2Si2/c1-13(12-14(2,3)11)8-4-6-10-7-5-9/h10-11,13H,4-9H2,1-3H3/i11D. The molecule has 0 saturated heterocycles. The maximum absolute atomic E-state index is 6.90. The van der Waals surface area contributed by atoms with Crippen LogP contribution in [0.2, 0.25) is 25.7 Å². The molecule has 14 heavy (non-hydrogen) atoms. The summed E-state index contributed by atoms with van der Waals surface area (Å²) in [6, 6.07) is 1.12. The van der Waals surface area contributed by atoms with Crippen LogP contribution in [0, 0.1) is 0 Å². The lowest BCUT2D eigenvalue weighted by Gasteiger charge is -2.20. The van der Waals surface area contributed by atoms with Crippen LogP contribution in [0.5, 0.6) is 0 Å². The van der Waals surface area contributed by atoms with Gasteiger partial charge in [0.25, 0.3) is 0 Å². The summed E-state index contributed by atoms with van der Waals surface area (Å²) >= 11 is 0. The maximum atomic E-state index is 6.90. The zero-order chi connectivity index (χ0) is 11.7. The van der Waals surface area contributed by atoms with Crippen molar-refractivity contribution >= 4 is 17.6 Å². The van der Waals surface area contributed by atoms with E-state index in [9.17, 15) is 0 Å². The van der Waals surface area contributed by atoms with Crippen molar-refractivity contribution in [2.45, 2.75) is 32.1 Å². The predicted octanol–water partition coefficient (Wildman–Crippen LogP) is -0.0109. The Morgan fingerprint density at radius 1 is 1.57 bits per heavy atom. The first-order valence-corrected chi connectivity index (χ1v) is 10.5. The lowest BCUT2D eigenvalue weighted by atomic mass is 10.5. The van der Waals surface area contributed by atoms with E-state index in [1.54, 1.807) is 0 Å². The molecule has 0 amide bonds. The van der Waals surface area contributed by atoms with Gasteiger partial charge in [0.15, 0.2) is 10.5 Å².